The van der Waals surface area contributed by atoms with Crippen molar-refractivity contribution in [1.29, 1.82) is 0 Å². The molecule has 0 radical (unpaired) electrons. The molecule has 1 unspecified atom stereocenters. The fraction of sp³-hybridized carbons (Fsp3) is 0.348. The van der Waals surface area contributed by atoms with E-state index >= 15 is 0 Å². The first-order valence-corrected chi connectivity index (χ1v) is 9.80. The van der Waals surface area contributed by atoms with Gasteiger partial charge in [-0.1, -0.05) is 72.2 Å². The molecular weight excluding hydrogens is 354 g/mol. The van der Waals surface area contributed by atoms with Crippen molar-refractivity contribution in [3.05, 3.63) is 71.8 Å². The van der Waals surface area contributed by atoms with Gasteiger partial charge < -0.3 is 9.57 Å². The van der Waals surface area contributed by atoms with E-state index in [1.807, 2.05) is 36.4 Å². The lowest BCUT2D eigenvalue weighted by Crippen LogP contribution is -2.49. The molecule has 0 spiro atoms. The number of esters is 1. The normalized spacial score (nSPS) is 22.2. The van der Waals surface area contributed by atoms with E-state index < -0.39 is 17.4 Å². The first kappa shape index (κ1) is 18.4. The maximum absolute atomic E-state index is 13.3. The summed E-state index contributed by atoms with van der Waals surface area (Å²) in [4.78, 5) is 32.1. The molecule has 2 aromatic rings. The van der Waals surface area contributed by atoms with Crippen LogP contribution in [0.5, 0.6) is 0 Å². The molecule has 1 aliphatic heterocycles. The fourth-order valence-electron chi connectivity index (χ4n) is 3.79. The van der Waals surface area contributed by atoms with E-state index in [-0.39, 0.29) is 12.5 Å². The van der Waals surface area contributed by atoms with Crippen LogP contribution in [-0.4, -0.2) is 29.2 Å². The second kappa shape index (κ2) is 7.97. The van der Waals surface area contributed by atoms with E-state index in [1.54, 1.807) is 24.3 Å². The number of carbonyl (C=O) groups excluding carboxylic acids is 2. The maximum atomic E-state index is 13.3. The molecule has 28 heavy (non-hydrogen) atoms. The summed E-state index contributed by atoms with van der Waals surface area (Å²) < 4.78 is 5.75. The predicted octanol–water partition coefficient (Wildman–Crippen LogP) is 4.31. The largest absolute Gasteiger partial charge is 0.459 e. The van der Waals surface area contributed by atoms with Crippen LogP contribution in [0.25, 0.3) is 0 Å². The Bertz CT molecular complexity index is 872. The fourth-order valence-corrected chi connectivity index (χ4v) is 3.79. The Morgan fingerprint density at radius 3 is 2.25 bits per heavy atom. The van der Waals surface area contributed by atoms with Crippen LogP contribution >= 0.6 is 0 Å². The van der Waals surface area contributed by atoms with Crippen LogP contribution in [0.1, 0.15) is 54.4 Å². The molecule has 144 valence electrons. The van der Waals surface area contributed by atoms with Gasteiger partial charge in [0.2, 0.25) is 5.78 Å². The zero-order valence-corrected chi connectivity index (χ0v) is 15.7. The van der Waals surface area contributed by atoms with Gasteiger partial charge in [0.25, 0.3) is 0 Å². The molecule has 0 saturated heterocycles. The number of hydrogen-bond donors (Lipinski definition) is 0. The number of carbonyl (C=O) groups is 2. The van der Waals surface area contributed by atoms with Crippen LogP contribution in [0, 0.1) is 0 Å². The van der Waals surface area contributed by atoms with Gasteiger partial charge in [-0.05, 0) is 31.2 Å². The Morgan fingerprint density at radius 1 is 0.929 bits per heavy atom. The number of hydrogen-bond acceptors (Lipinski definition) is 5. The quantitative estimate of drug-likeness (QED) is 0.442. The van der Waals surface area contributed by atoms with Crippen molar-refractivity contribution in [3.8, 4) is 0 Å². The minimum Gasteiger partial charge on any atom is -0.459 e. The molecule has 1 heterocycles. The Kier molecular flexibility index (Phi) is 5.24. The van der Waals surface area contributed by atoms with Crippen molar-refractivity contribution >= 4 is 17.5 Å². The van der Waals surface area contributed by atoms with Crippen molar-refractivity contribution in [2.24, 2.45) is 5.16 Å². The van der Waals surface area contributed by atoms with E-state index in [0.29, 0.717) is 11.3 Å². The third-order valence-electron chi connectivity index (χ3n) is 5.39. The van der Waals surface area contributed by atoms with E-state index in [0.717, 1.165) is 37.7 Å². The minimum atomic E-state index is -1.76. The lowest BCUT2D eigenvalue weighted by molar-refractivity contribution is -0.170. The molecule has 1 fully saturated rings. The summed E-state index contributed by atoms with van der Waals surface area (Å²) in [5.74, 6) is -1.05. The van der Waals surface area contributed by atoms with Crippen LogP contribution in [0.15, 0.2) is 65.8 Å². The monoisotopic (exact) mass is 377 g/mol. The zero-order chi connectivity index (χ0) is 19.4. The van der Waals surface area contributed by atoms with Gasteiger partial charge in [0.05, 0.1) is 12.1 Å². The van der Waals surface area contributed by atoms with Gasteiger partial charge in [-0.2, -0.15) is 0 Å². The van der Waals surface area contributed by atoms with E-state index in [4.69, 9.17) is 9.57 Å². The minimum absolute atomic E-state index is 0.0658. The van der Waals surface area contributed by atoms with E-state index in [1.165, 1.54) is 0 Å². The van der Waals surface area contributed by atoms with Crippen molar-refractivity contribution in [1.82, 2.24) is 0 Å². The number of rotatable bonds is 5. The number of ketones is 1. The highest BCUT2D eigenvalue weighted by Crippen LogP contribution is 2.33. The summed E-state index contributed by atoms with van der Waals surface area (Å²) in [6, 6.07) is 18.2. The van der Waals surface area contributed by atoms with Gasteiger partial charge >= 0.3 is 11.6 Å². The molecule has 2 aliphatic rings. The molecule has 1 aliphatic carbocycles. The van der Waals surface area contributed by atoms with Crippen molar-refractivity contribution in [3.63, 3.8) is 0 Å². The summed E-state index contributed by atoms with van der Waals surface area (Å²) in [5.41, 5.74) is 0.0537. The highest BCUT2D eigenvalue weighted by molar-refractivity contribution is 6.20. The van der Waals surface area contributed by atoms with Crippen LogP contribution in [-0.2, 0) is 14.4 Å². The van der Waals surface area contributed by atoms with Crippen LogP contribution in [0.4, 0.5) is 0 Å². The maximum Gasteiger partial charge on any atom is 0.362 e. The molecule has 5 nitrogen and oxygen atoms in total. The SMILES string of the molecule is O=C(OC1CCCCC1)C1(C(=O)c2ccccc2)CC(c2ccccc2)=NO1. The lowest BCUT2D eigenvalue weighted by Gasteiger charge is -2.28. The second-order valence-corrected chi connectivity index (χ2v) is 7.36. The molecule has 2 aromatic carbocycles. The number of Topliss-reactive ketones (excluding diaryl/α,β-unsaturated/α-hetero) is 1. The van der Waals surface area contributed by atoms with Gasteiger partial charge in [-0.3, -0.25) is 4.79 Å². The molecule has 1 saturated carbocycles. The number of oxime groups is 1. The lowest BCUT2D eigenvalue weighted by atomic mass is 9.86. The highest BCUT2D eigenvalue weighted by Gasteiger charge is 2.55. The van der Waals surface area contributed by atoms with Crippen LogP contribution < -0.4 is 0 Å². The van der Waals surface area contributed by atoms with Gasteiger partial charge in [0, 0.05) is 5.56 Å². The third-order valence-corrected chi connectivity index (χ3v) is 5.39. The molecule has 0 N–H and O–H groups in total. The van der Waals surface area contributed by atoms with E-state index in [9.17, 15) is 9.59 Å². The summed E-state index contributed by atoms with van der Waals surface area (Å²) in [5, 5.41) is 4.12. The van der Waals surface area contributed by atoms with Crippen molar-refractivity contribution in [2.75, 3.05) is 0 Å². The number of nitrogens with zero attached hydrogens (tertiary/aromatic N) is 1. The van der Waals surface area contributed by atoms with Gasteiger partial charge in [0.1, 0.15) is 6.10 Å². The molecular formula is C23H23NO4. The Morgan fingerprint density at radius 2 is 1.57 bits per heavy atom. The average Bonchev–Trinajstić information content (AvgIpc) is 3.22. The van der Waals surface area contributed by atoms with Crippen LogP contribution in [0.3, 0.4) is 0 Å². The summed E-state index contributed by atoms with van der Waals surface area (Å²) in [7, 11) is 0. The third kappa shape index (κ3) is 3.57. The summed E-state index contributed by atoms with van der Waals surface area (Å²) >= 11 is 0. The smallest absolute Gasteiger partial charge is 0.362 e. The summed E-state index contributed by atoms with van der Waals surface area (Å²) in [6.07, 6.45) is 4.78. The molecule has 0 aromatic heterocycles. The first-order chi connectivity index (χ1) is 13.7. The highest BCUT2D eigenvalue weighted by atomic mass is 16.7. The van der Waals surface area contributed by atoms with Crippen molar-refractivity contribution < 1.29 is 19.2 Å². The molecule has 4 rings (SSSR count). The first-order valence-electron chi connectivity index (χ1n) is 9.80. The van der Waals surface area contributed by atoms with Crippen LogP contribution in [0.2, 0.25) is 0 Å². The standard InChI is InChI=1S/C23H23NO4/c25-21(18-12-6-2-7-13-18)23(22(26)27-19-14-8-3-9-15-19)16-20(24-28-23)17-10-4-1-5-11-17/h1-2,4-7,10-13,19H,3,8-9,14-16H2. The Hall–Kier alpha value is -2.95. The topological polar surface area (TPSA) is 65.0 Å². The molecule has 5 heteroatoms. The number of ether oxygens (including phenoxy) is 1. The summed E-state index contributed by atoms with van der Waals surface area (Å²) in [6.45, 7) is 0. The molecule has 0 amide bonds. The predicted molar refractivity (Wildman–Crippen MR) is 105 cm³/mol. The van der Waals surface area contributed by atoms with Gasteiger partial charge in [-0.25, -0.2) is 4.79 Å². The molecule has 1 atom stereocenters. The zero-order valence-electron chi connectivity index (χ0n) is 15.7. The van der Waals surface area contributed by atoms with Gasteiger partial charge in [0.15, 0.2) is 0 Å². The Balaban J connectivity index is 1.62. The average molecular weight is 377 g/mol. The molecule has 0 bridgehead atoms. The second-order valence-electron chi connectivity index (χ2n) is 7.36. The Labute approximate surface area is 164 Å². The van der Waals surface area contributed by atoms with E-state index in [2.05, 4.69) is 5.16 Å². The van der Waals surface area contributed by atoms with Gasteiger partial charge in [-0.15, -0.1) is 0 Å². The number of benzene rings is 2. The van der Waals surface area contributed by atoms with Crippen molar-refractivity contribution in [2.45, 2.75) is 50.2 Å².